The third kappa shape index (κ3) is 4.27. The molecule has 1 amide bonds. The minimum atomic E-state index is -0.698. The molecule has 30 heavy (non-hydrogen) atoms. The van der Waals surface area contributed by atoms with Crippen LogP contribution in [0.1, 0.15) is 61.7 Å². The highest BCUT2D eigenvalue weighted by Crippen LogP contribution is 2.35. The molecule has 0 aromatic heterocycles. The van der Waals surface area contributed by atoms with Gasteiger partial charge in [0.15, 0.2) is 6.61 Å². The number of ether oxygens (including phenoxy) is 1. The summed E-state index contributed by atoms with van der Waals surface area (Å²) in [6.07, 6.45) is 8.72. The molecule has 1 saturated carbocycles. The van der Waals surface area contributed by atoms with Gasteiger partial charge in [-0.25, -0.2) is 4.79 Å². The smallest absolute Gasteiger partial charge is 0.338 e. The van der Waals surface area contributed by atoms with E-state index < -0.39 is 10.9 Å². The number of hydrogen-bond acceptors (Lipinski definition) is 6. The van der Waals surface area contributed by atoms with Crippen LogP contribution >= 0.6 is 0 Å². The number of benzene rings is 1. The monoisotopic (exact) mass is 415 g/mol. The van der Waals surface area contributed by atoms with Crippen molar-refractivity contribution in [3.8, 4) is 0 Å². The van der Waals surface area contributed by atoms with Crippen LogP contribution in [0.25, 0.3) is 0 Å². The Hall–Kier alpha value is -2.64. The fourth-order valence-electron chi connectivity index (χ4n) is 5.25. The molecule has 1 aliphatic carbocycles. The molecule has 3 aliphatic rings. The molecule has 0 N–H and O–H groups in total. The largest absolute Gasteiger partial charge is 0.452 e. The van der Waals surface area contributed by atoms with Gasteiger partial charge in [0.2, 0.25) is 0 Å². The maximum Gasteiger partial charge on any atom is 0.338 e. The van der Waals surface area contributed by atoms with Crippen molar-refractivity contribution in [1.82, 2.24) is 4.90 Å². The van der Waals surface area contributed by atoms with Gasteiger partial charge in [-0.15, -0.1) is 0 Å². The molecule has 0 radical (unpaired) electrons. The highest BCUT2D eigenvalue weighted by atomic mass is 16.6. The van der Waals surface area contributed by atoms with Crippen molar-refractivity contribution >= 4 is 23.3 Å². The van der Waals surface area contributed by atoms with Crippen LogP contribution in [0.15, 0.2) is 18.2 Å². The summed E-state index contributed by atoms with van der Waals surface area (Å²) in [5.74, 6) is -0.298. The zero-order valence-corrected chi connectivity index (χ0v) is 17.3. The van der Waals surface area contributed by atoms with E-state index in [4.69, 9.17) is 4.74 Å². The number of hydrogen-bond donors (Lipinski definition) is 0. The molecule has 8 nitrogen and oxygen atoms in total. The summed E-state index contributed by atoms with van der Waals surface area (Å²) < 4.78 is 5.26. The van der Waals surface area contributed by atoms with E-state index in [1.165, 1.54) is 25.3 Å². The number of likely N-dealkylation sites (tertiary alicyclic amines) is 1. The Balaban J connectivity index is 1.40. The SMILES string of the molecule is O=C(OCC(=O)N1CCC[C@H]2CCCC[C@@H]21)c1ccc(N2CCCC2)c([N+](=O)[O-])c1. The number of nitrogens with zero attached hydrogens (tertiary/aromatic N) is 3. The summed E-state index contributed by atoms with van der Waals surface area (Å²) in [7, 11) is 0. The predicted octanol–water partition coefficient (Wildman–Crippen LogP) is 3.53. The number of fused-ring (bicyclic) bond motifs is 1. The maximum atomic E-state index is 12.7. The molecule has 3 fully saturated rings. The van der Waals surface area contributed by atoms with Gasteiger partial charge in [-0.1, -0.05) is 12.8 Å². The number of rotatable bonds is 5. The third-order valence-corrected chi connectivity index (χ3v) is 6.74. The van der Waals surface area contributed by atoms with Crippen molar-refractivity contribution in [1.29, 1.82) is 0 Å². The zero-order valence-electron chi connectivity index (χ0n) is 17.3. The Morgan fingerprint density at radius 3 is 2.53 bits per heavy atom. The van der Waals surface area contributed by atoms with Gasteiger partial charge < -0.3 is 14.5 Å². The highest BCUT2D eigenvalue weighted by Gasteiger charge is 2.36. The molecule has 1 aromatic rings. The molecule has 2 aliphatic heterocycles. The molecule has 4 rings (SSSR count). The Bertz CT molecular complexity index is 819. The van der Waals surface area contributed by atoms with Gasteiger partial charge in [0.1, 0.15) is 5.69 Å². The number of nitro groups is 1. The number of amides is 1. The van der Waals surface area contributed by atoms with Crippen LogP contribution in [-0.2, 0) is 9.53 Å². The van der Waals surface area contributed by atoms with Gasteiger partial charge >= 0.3 is 5.97 Å². The van der Waals surface area contributed by atoms with Crippen molar-refractivity contribution in [2.45, 2.75) is 57.4 Å². The Morgan fingerprint density at radius 2 is 1.77 bits per heavy atom. The standard InChI is InChI=1S/C22H29N3O5/c26-21(24-13-5-7-16-6-1-2-8-18(16)24)15-30-22(27)17-9-10-19(20(14-17)25(28)29)23-11-3-4-12-23/h9-10,14,16,18H,1-8,11-13,15H2/t16-,18+/m1/s1. The van der Waals surface area contributed by atoms with Gasteiger partial charge in [-0.3, -0.25) is 14.9 Å². The number of anilines is 1. The average Bonchev–Trinajstić information content (AvgIpc) is 3.31. The summed E-state index contributed by atoms with van der Waals surface area (Å²) in [5, 5.41) is 11.5. The molecular weight excluding hydrogens is 386 g/mol. The van der Waals surface area contributed by atoms with E-state index in [2.05, 4.69) is 0 Å². The average molecular weight is 415 g/mol. The fourth-order valence-corrected chi connectivity index (χ4v) is 5.25. The van der Waals surface area contributed by atoms with Crippen LogP contribution in [0.2, 0.25) is 0 Å². The van der Waals surface area contributed by atoms with Crippen LogP contribution in [0.4, 0.5) is 11.4 Å². The Morgan fingerprint density at radius 1 is 1.03 bits per heavy atom. The quantitative estimate of drug-likeness (QED) is 0.415. The predicted molar refractivity (Wildman–Crippen MR) is 112 cm³/mol. The second-order valence-corrected chi connectivity index (χ2v) is 8.57. The van der Waals surface area contributed by atoms with Gasteiger partial charge in [0, 0.05) is 31.7 Å². The first-order valence-electron chi connectivity index (χ1n) is 11.0. The van der Waals surface area contributed by atoms with E-state index in [-0.39, 0.29) is 29.8 Å². The summed E-state index contributed by atoms with van der Waals surface area (Å²) in [6.45, 7) is 1.95. The second kappa shape index (κ2) is 9.02. The van der Waals surface area contributed by atoms with Crippen molar-refractivity contribution < 1.29 is 19.2 Å². The lowest BCUT2D eigenvalue weighted by Crippen LogP contribution is -2.50. The minimum absolute atomic E-state index is 0.0984. The topological polar surface area (TPSA) is 93.0 Å². The Labute approximate surface area is 176 Å². The number of carbonyl (C=O) groups excluding carboxylic acids is 2. The lowest BCUT2D eigenvalue weighted by Gasteiger charge is -2.44. The first kappa shape index (κ1) is 20.6. The van der Waals surface area contributed by atoms with Gasteiger partial charge in [0.25, 0.3) is 11.6 Å². The molecule has 2 saturated heterocycles. The van der Waals surface area contributed by atoms with E-state index in [0.717, 1.165) is 45.2 Å². The molecule has 0 bridgehead atoms. The van der Waals surface area contributed by atoms with E-state index in [9.17, 15) is 19.7 Å². The number of esters is 1. The molecular formula is C22H29N3O5. The van der Waals surface area contributed by atoms with Gasteiger partial charge in [-0.2, -0.15) is 0 Å². The van der Waals surface area contributed by atoms with Crippen LogP contribution in [0.3, 0.4) is 0 Å². The second-order valence-electron chi connectivity index (χ2n) is 8.57. The molecule has 0 spiro atoms. The van der Waals surface area contributed by atoms with Crippen LogP contribution in [0.5, 0.6) is 0 Å². The summed E-state index contributed by atoms with van der Waals surface area (Å²) >= 11 is 0. The summed E-state index contributed by atoms with van der Waals surface area (Å²) in [6, 6.07) is 4.68. The molecule has 162 valence electrons. The Kier molecular flexibility index (Phi) is 6.20. The van der Waals surface area contributed by atoms with Crippen molar-refractivity contribution in [3.05, 3.63) is 33.9 Å². The number of piperidine rings is 1. The third-order valence-electron chi connectivity index (χ3n) is 6.74. The first-order valence-corrected chi connectivity index (χ1v) is 11.0. The maximum absolute atomic E-state index is 12.7. The highest BCUT2D eigenvalue weighted by molar-refractivity contribution is 5.93. The summed E-state index contributed by atoms with van der Waals surface area (Å²) in [5.41, 5.74) is 0.534. The van der Waals surface area contributed by atoms with E-state index >= 15 is 0 Å². The molecule has 2 heterocycles. The van der Waals surface area contributed by atoms with Gasteiger partial charge in [0.05, 0.1) is 10.5 Å². The van der Waals surface area contributed by atoms with Crippen molar-refractivity contribution in [2.75, 3.05) is 31.1 Å². The molecule has 8 heteroatoms. The lowest BCUT2D eigenvalue weighted by molar-refractivity contribution is -0.384. The fraction of sp³-hybridized carbons (Fsp3) is 0.636. The van der Waals surface area contributed by atoms with Crippen LogP contribution in [0, 0.1) is 16.0 Å². The van der Waals surface area contributed by atoms with Crippen molar-refractivity contribution in [3.63, 3.8) is 0 Å². The van der Waals surface area contributed by atoms with E-state index in [0.29, 0.717) is 18.2 Å². The zero-order chi connectivity index (χ0) is 21.1. The van der Waals surface area contributed by atoms with Crippen LogP contribution < -0.4 is 4.90 Å². The van der Waals surface area contributed by atoms with Crippen molar-refractivity contribution in [2.24, 2.45) is 5.92 Å². The normalized spacial score (nSPS) is 23.7. The van der Waals surface area contributed by atoms with Crippen LogP contribution in [-0.4, -0.2) is 54.0 Å². The lowest BCUT2D eigenvalue weighted by atomic mass is 9.78. The first-order chi connectivity index (χ1) is 14.5. The van der Waals surface area contributed by atoms with Gasteiger partial charge in [-0.05, 0) is 56.6 Å². The molecule has 0 unspecified atom stereocenters. The van der Waals surface area contributed by atoms with E-state index in [1.54, 1.807) is 12.1 Å². The molecule has 1 aromatic carbocycles. The number of carbonyl (C=O) groups is 2. The number of nitro benzene ring substituents is 1. The summed E-state index contributed by atoms with van der Waals surface area (Å²) in [4.78, 5) is 40.1. The molecule has 2 atom stereocenters. The minimum Gasteiger partial charge on any atom is -0.452 e. The van der Waals surface area contributed by atoms with E-state index in [1.807, 2.05) is 9.80 Å².